The molecule has 2 aromatic carbocycles. The summed E-state index contributed by atoms with van der Waals surface area (Å²) >= 11 is 0. The van der Waals surface area contributed by atoms with Crippen LogP contribution in [0.4, 0.5) is 0 Å². The lowest BCUT2D eigenvalue weighted by molar-refractivity contribution is -0.0497. The smallest absolute Gasteiger partial charge is 0.253 e. The number of rotatable bonds is 5. The van der Waals surface area contributed by atoms with Crippen LogP contribution in [0.3, 0.4) is 0 Å². The minimum Gasteiger partial charge on any atom is -0.374 e. The van der Waals surface area contributed by atoms with Gasteiger partial charge in [-0.25, -0.2) is 0 Å². The zero-order chi connectivity index (χ0) is 20.9. The van der Waals surface area contributed by atoms with Gasteiger partial charge in [0, 0.05) is 57.9 Å². The van der Waals surface area contributed by atoms with Crippen molar-refractivity contribution in [3.05, 3.63) is 70.8 Å². The minimum atomic E-state index is 0.146. The zero-order valence-corrected chi connectivity index (χ0v) is 18.2. The lowest BCUT2D eigenvalue weighted by Gasteiger charge is -2.39. The molecule has 5 heteroatoms. The van der Waals surface area contributed by atoms with E-state index in [9.17, 15) is 4.79 Å². The highest BCUT2D eigenvalue weighted by atomic mass is 16.5. The van der Waals surface area contributed by atoms with Crippen molar-refractivity contribution in [3.63, 3.8) is 0 Å². The zero-order valence-electron chi connectivity index (χ0n) is 18.2. The molecule has 4 rings (SSSR count). The van der Waals surface area contributed by atoms with Gasteiger partial charge in [0.25, 0.3) is 5.91 Å². The number of nitrogens with zero attached hydrogens (tertiary/aromatic N) is 3. The highest BCUT2D eigenvalue weighted by molar-refractivity contribution is 5.94. The molecule has 0 unspecified atom stereocenters. The Bertz CT molecular complexity index is 826. The molecule has 0 aliphatic carbocycles. The summed E-state index contributed by atoms with van der Waals surface area (Å²) in [4.78, 5) is 19.6. The molecule has 0 bridgehead atoms. The number of ether oxygens (including phenoxy) is 1. The highest BCUT2D eigenvalue weighted by Crippen LogP contribution is 2.15. The van der Waals surface area contributed by atoms with E-state index >= 15 is 0 Å². The van der Waals surface area contributed by atoms with Gasteiger partial charge in [0.1, 0.15) is 0 Å². The summed E-state index contributed by atoms with van der Waals surface area (Å²) in [6, 6.07) is 16.7. The quantitative estimate of drug-likeness (QED) is 0.764. The average molecular weight is 408 g/mol. The second-order valence-electron chi connectivity index (χ2n) is 8.67. The first-order valence-electron chi connectivity index (χ1n) is 11.0. The van der Waals surface area contributed by atoms with Crippen LogP contribution in [-0.4, -0.2) is 79.1 Å². The van der Waals surface area contributed by atoms with Crippen LogP contribution in [0.5, 0.6) is 0 Å². The standard InChI is InChI=1S/C25H33N3O2/c1-20-3-7-22(8-4-20)17-27-15-16-30-24(19-27)18-26-11-13-28(14-12-26)25(29)23-9-5-21(2)6-10-23/h3-10,24H,11-19H2,1-2H3/t24-/m1/s1. The number of hydrogen-bond donors (Lipinski definition) is 0. The Kier molecular flexibility index (Phi) is 6.82. The van der Waals surface area contributed by atoms with Gasteiger partial charge in [-0.1, -0.05) is 47.5 Å². The molecule has 160 valence electrons. The normalized spacial score (nSPS) is 21.0. The van der Waals surface area contributed by atoms with Gasteiger partial charge in [0.15, 0.2) is 0 Å². The summed E-state index contributed by atoms with van der Waals surface area (Å²) in [5.74, 6) is 0.146. The number of amides is 1. The topological polar surface area (TPSA) is 36.0 Å². The number of benzene rings is 2. The van der Waals surface area contributed by atoms with Crippen molar-refractivity contribution in [2.75, 3.05) is 52.4 Å². The first-order valence-corrected chi connectivity index (χ1v) is 11.0. The van der Waals surface area contributed by atoms with Gasteiger partial charge in [-0.3, -0.25) is 14.6 Å². The van der Waals surface area contributed by atoms with Crippen LogP contribution in [0.2, 0.25) is 0 Å². The van der Waals surface area contributed by atoms with Crippen molar-refractivity contribution in [2.45, 2.75) is 26.5 Å². The molecule has 0 saturated carbocycles. The van der Waals surface area contributed by atoms with Crippen LogP contribution in [0.25, 0.3) is 0 Å². The maximum atomic E-state index is 12.7. The summed E-state index contributed by atoms with van der Waals surface area (Å²) in [5, 5.41) is 0. The maximum Gasteiger partial charge on any atom is 0.253 e. The van der Waals surface area contributed by atoms with Crippen LogP contribution in [0.1, 0.15) is 27.0 Å². The lowest BCUT2D eigenvalue weighted by atomic mass is 10.1. The molecule has 2 heterocycles. The Morgan fingerprint density at radius 3 is 2.17 bits per heavy atom. The van der Waals surface area contributed by atoms with Gasteiger partial charge < -0.3 is 9.64 Å². The minimum absolute atomic E-state index is 0.146. The van der Waals surface area contributed by atoms with Gasteiger partial charge in [0.05, 0.1) is 12.7 Å². The van der Waals surface area contributed by atoms with Gasteiger partial charge in [-0.05, 0) is 31.5 Å². The number of hydrogen-bond acceptors (Lipinski definition) is 4. The third kappa shape index (κ3) is 5.48. The molecule has 0 N–H and O–H groups in total. The predicted molar refractivity (Wildman–Crippen MR) is 120 cm³/mol. The lowest BCUT2D eigenvalue weighted by Crippen LogP contribution is -2.53. The third-order valence-corrected chi connectivity index (χ3v) is 6.17. The van der Waals surface area contributed by atoms with E-state index in [1.807, 2.05) is 36.1 Å². The predicted octanol–water partition coefficient (Wildman–Crippen LogP) is 2.96. The Labute approximate surface area is 180 Å². The molecule has 1 atom stereocenters. The molecule has 2 aliphatic rings. The fourth-order valence-electron chi connectivity index (χ4n) is 4.29. The van der Waals surface area contributed by atoms with E-state index in [2.05, 4.69) is 41.0 Å². The monoisotopic (exact) mass is 407 g/mol. The Balaban J connectivity index is 1.24. The van der Waals surface area contributed by atoms with Gasteiger partial charge in [-0.2, -0.15) is 0 Å². The van der Waals surface area contributed by atoms with Crippen molar-refractivity contribution < 1.29 is 9.53 Å². The molecule has 30 heavy (non-hydrogen) atoms. The summed E-state index contributed by atoms with van der Waals surface area (Å²) < 4.78 is 6.06. The van der Waals surface area contributed by atoms with E-state index in [-0.39, 0.29) is 12.0 Å². The van der Waals surface area contributed by atoms with E-state index in [0.717, 1.165) is 64.5 Å². The number of aryl methyl sites for hydroxylation is 2. The van der Waals surface area contributed by atoms with Crippen LogP contribution in [-0.2, 0) is 11.3 Å². The van der Waals surface area contributed by atoms with Crippen molar-refractivity contribution in [1.82, 2.24) is 14.7 Å². The van der Waals surface area contributed by atoms with E-state index in [0.29, 0.717) is 0 Å². The fraction of sp³-hybridized carbons (Fsp3) is 0.480. The van der Waals surface area contributed by atoms with Crippen molar-refractivity contribution >= 4 is 5.91 Å². The van der Waals surface area contributed by atoms with Crippen LogP contribution in [0, 0.1) is 13.8 Å². The molecule has 2 saturated heterocycles. The second-order valence-corrected chi connectivity index (χ2v) is 8.67. The van der Waals surface area contributed by atoms with E-state index < -0.39 is 0 Å². The van der Waals surface area contributed by atoms with Crippen molar-refractivity contribution in [1.29, 1.82) is 0 Å². The van der Waals surface area contributed by atoms with Crippen LogP contribution < -0.4 is 0 Å². The SMILES string of the molecule is Cc1ccc(CN2CCO[C@H](CN3CCN(C(=O)c4ccc(C)cc4)CC3)C2)cc1. The molecule has 2 aromatic rings. The molecule has 5 nitrogen and oxygen atoms in total. The molecule has 0 radical (unpaired) electrons. The van der Waals surface area contributed by atoms with Crippen molar-refractivity contribution in [3.8, 4) is 0 Å². The first kappa shape index (κ1) is 21.0. The largest absolute Gasteiger partial charge is 0.374 e. The molecule has 0 spiro atoms. The molecular weight excluding hydrogens is 374 g/mol. The van der Waals surface area contributed by atoms with Gasteiger partial charge in [-0.15, -0.1) is 0 Å². The third-order valence-electron chi connectivity index (χ3n) is 6.17. The van der Waals surface area contributed by atoms with Gasteiger partial charge >= 0.3 is 0 Å². The number of morpholine rings is 1. The van der Waals surface area contributed by atoms with E-state index in [1.54, 1.807) is 0 Å². The Morgan fingerprint density at radius 2 is 1.50 bits per heavy atom. The fourth-order valence-corrected chi connectivity index (χ4v) is 4.29. The molecular formula is C25H33N3O2. The second kappa shape index (κ2) is 9.73. The maximum absolute atomic E-state index is 12.7. The number of piperazine rings is 1. The highest BCUT2D eigenvalue weighted by Gasteiger charge is 2.26. The first-order chi connectivity index (χ1) is 14.6. The van der Waals surface area contributed by atoms with Crippen LogP contribution in [0.15, 0.2) is 48.5 Å². The van der Waals surface area contributed by atoms with Crippen LogP contribution >= 0.6 is 0 Å². The Hall–Kier alpha value is -2.21. The molecule has 2 fully saturated rings. The summed E-state index contributed by atoms with van der Waals surface area (Å²) in [6.45, 7) is 12.2. The number of carbonyl (C=O) groups excluding carboxylic acids is 1. The summed E-state index contributed by atoms with van der Waals surface area (Å²) in [7, 11) is 0. The van der Waals surface area contributed by atoms with Crippen molar-refractivity contribution in [2.24, 2.45) is 0 Å². The number of carbonyl (C=O) groups is 1. The Morgan fingerprint density at radius 1 is 0.867 bits per heavy atom. The summed E-state index contributed by atoms with van der Waals surface area (Å²) in [5.41, 5.74) is 4.64. The van der Waals surface area contributed by atoms with E-state index in [4.69, 9.17) is 4.74 Å². The average Bonchev–Trinajstić information content (AvgIpc) is 2.76. The summed E-state index contributed by atoms with van der Waals surface area (Å²) in [6.07, 6.45) is 0.239. The van der Waals surface area contributed by atoms with Gasteiger partial charge in [0.2, 0.25) is 0 Å². The molecule has 1 amide bonds. The molecule has 2 aliphatic heterocycles. The van der Waals surface area contributed by atoms with E-state index in [1.165, 1.54) is 16.7 Å². The molecule has 0 aromatic heterocycles.